The highest BCUT2D eigenvalue weighted by molar-refractivity contribution is 6.29. The van der Waals surface area contributed by atoms with Crippen molar-refractivity contribution in [1.82, 2.24) is 4.98 Å². The van der Waals surface area contributed by atoms with Crippen LogP contribution in [0.3, 0.4) is 0 Å². The van der Waals surface area contributed by atoms with Crippen molar-refractivity contribution in [1.29, 1.82) is 0 Å². The van der Waals surface area contributed by atoms with Crippen LogP contribution in [0.2, 0.25) is 0 Å². The summed E-state index contributed by atoms with van der Waals surface area (Å²) in [6.07, 6.45) is 3.41. The summed E-state index contributed by atoms with van der Waals surface area (Å²) >= 11 is 5.86. The zero-order valence-corrected chi connectivity index (χ0v) is 15.9. The van der Waals surface area contributed by atoms with Gasteiger partial charge in [-0.15, -0.1) is 11.6 Å². The Bertz CT molecular complexity index is 1030. The van der Waals surface area contributed by atoms with Gasteiger partial charge < -0.3 is 0 Å². The van der Waals surface area contributed by atoms with E-state index in [-0.39, 0.29) is 17.6 Å². The van der Waals surface area contributed by atoms with Crippen LogP contribution in [0.25, 0.3) is 10.9 Å². The molecule has 1 aliphatic rings. The number of aryl methyl sites for hydroxylation is 2. The van der Waals surface area contributed by atoms with Crippen molar-refractivity contribution >= 4 is 34.2 Å². The largest absolute Gasteiger partial charge is 0.291 e. The van der Waals surface area contributed by atoms with E-state index in [9.17, 15) is 9.18 Å². The summed E-state index contributed by atoms with van der Waals surface area (Å²) in [5.41, 5.74) is 5.82. The summed E-state index contributed by atoms with van der Waals surface area (Å²) in [5, 5.41) is 0.699. The molecular weight excluding hydrogens is 363 g/mol. The lowest BCUT2D eigenvalue weighted by atomic mass is 10.0. The second-order valence-corrected chi connectivity index (χ2v) is 7.29. The van der Waals surface area contributed by atoms with E-state index in [2.05, 4.69) is 24.0 Å². The Morgan fingerprint density at radius 3 is 2.85 bits per heavy atom. The van der Waals surface area contributed by atoms with E-state index >= 15 is 0 Å². The van der Waals surface area contributed by atoms with E-state index in [4.69, 9.17) is 11.6 Å². The number of anilines is 1. The third kappa shape index (κ3) is 3.54. The van der Waals surface area contributed by atoms with Crippen LogP contribution in [0.15, 0.2) is 42.5 Å². The minimum Gasteiger partial charge on any atom is -0.291 e. The number of alkyl halides is 1. The first-order valence-corrected chi connectivity index (χ1v) is 9.62. The maximum atomic E-state index is 13.4. The maximum Gasteiger partial charge on any atom is 0.243 e. The van der Waals surface area contributed by atoms with E-state index in [1.807, 2.05) is 0 Å². The van der Waals surface area contributed by atoms with Crippen LogP contribution in [0.1, 0.15) is 28.7 Å². The molecule has 0 unspecified atom stereocenters. The van der Waals surface area contributed by atoms with Gasteiger partial charge in [0.15, 0.2) is 0 Å². The van der Waals surface area contributed by atoms with E-state index in [0.29, 0.717) is 23.3 Å². The smallest absolute Gasteiger partial charge is 0.243 e. The summed E-state index contributed by atoms with van der Waals surface area (Å²) in [5.74, 6) is -0.103. The first-order valence-electron chi connectivity index (χ1n) is 9.09. The van der Waals surface area contributed by atoms with Gasteiger partial charge in [0, 0.05) is 5.39 Å². The van der Waals surface area contributed by atoms with Crippen molar-refractivity contribution in [3.8, 4) is 0 Å². The molecule has 2 aromatic carbocycles. The number of carbonyl (C=O) groups is 1. The zero-order valence-electron chi connectivity index (χ0n) is 15.1. The van der Waals surface area contributed by atoms with Gasteiger partial charge in [0.1, 0.15) is 17.5 Å². The average molecular weight is 383 g/mol. The number of hydrogen-bond donors (Lipinski definition) is 0. The number of amides is 1. The van der Waals surface area contributed by atoms with Crippen molar-refractivity contribution < 1.29 is 9.18 Å². The lowest BCUT2D eigenvalue weighted by Crippen LogP contribution is -2.32. The molecule has 1 heterocycles. The van der Waals surface area contributed by atoms with Crippen molar-refractivity contribution in [3.05, 3.63) is 70.5 Å². The highest BCUT2D eigenvalue weighted by Gasteiger charge is 2.20. The normalized spacial score (nSPS) is 13.0. The molecule has 4 rings (SSSR count). The van der Waals surface area contributed by atoms with Crippen LogP contribution >= 0.6 is 11.6 Å². The zero-order chi connectivity index (χ0) is 19.0. The minimum atomic E-state index is -0.306. The first-order chi connectivity index (χ1) is 13.0. The fourth-order valence-corrected chi connectivity index (χ4v) is 4.03. The monoisotopic (exact) mass is 382 g/mol. The molecule has 3 nitrogen and oxygen atoms in total. The molecule has 1 aliphatic carbocycles. The number of nitrogens with zero attached hydrogens (tertiary/aromatic N) is 2. The molecule has 0 N–H and O–H groups in total. The fraction of sp³-hybridized carbons (Fsp3) is 0.273. The number of hydrogen-bond acceptors (Lipinski definition) is 2. The molecule has 0 spiro atoms. The number of benzene rings is 2. The Hall–Kier alpha value is -2.46. The van der Waals surface area contributed by atoms with Gasteiger partial charge in [-0.25, -0.2) is 9.37 Å². The van der Waals surface area contributed by atoms with Gasteiger partial charge in [0.25, 0.3) is 0 Å². The van der Waals surface area contributed by atoms with Crippen LogP contribution < -0.4 is 4.90 Å². The number of fused-ring (bicyclic) bond motifs is 2. The molecule has 1 amide bonds. The molecular formula is C22H20ClFN2O. The second kappa shape index (κ2) is 7.28. The molecule has 1 aromatic heterocycles. The lowest BCUT2D eigenvalue weighted by molar-refractivity contribution is -0.116. The van der Waals surface area contributed by atoms with Crippen LogP contribution in [0.5, 0.6) is 0 Å². The number of aromatic nitrogens is 1. The minimum absolute atomic E-state index is 0.118. The lowest BCUT2D eigenvalue weighted by Gasteiger charge is -2.22. The molecule has 0 atom stereocenters. The molecule has 0 radical (unpaired) electrons. The molecule has 0 saturated carbocycles. The Morgan fingerprint density at radius 1 is 1.19 bits per heavy atom. The van der Waals surface area contributed by atoms with Gasteiger partial charge in [0.2, 0.25) is 5.91 Å². The number of halogens is 2. The summed E-state index contributed by atoms with van der Waals surface area (Å²) in [4.78, 5) is 18.7. The first kappa shape index (κ1) is 17.9. The molecule has 0 aliphatic heterocycles. The Kier molecular flexibility index (Phi) is 4.83. The molecule has 138 valence electrons. The van der Waals surface area contributed by atoms with Gasteiger partial charge in [-0.3, -0.25) is 9.69 Å². The number of carbonyl (C=O) groups excluding carboxylic acids is 1. The van der Waals surface area contributed by atoms with Gasteiger partial charge >= 0.3 is 0 Å². The topological polar surface area (TPSA) is 33.2 Å². The molecule has 0 fully saturated rings. The Labute approximate surface area is 162 Å². The predicted octanol–water partition coefficient (Wildman–Crippen LogP) is 4.94. The Balaban J connectivity index is 1.71. The molecule has 27 heavy (non-hydrogen) atoms. The van der Waals surface area contributed by atoms with Crippen LogP contribution in [0.4, 0.5) is 10.2 Å². The maximum absolute atomic E-state index is 13.4. The highest BCUT2D eigenvalue weighted by atomic mass is 35.5. The molecule has 0 saturated heterocycles. The predicted molar refractivity (Wildman–Crippen MR) is 107 cm³/mol. The van der Waals surface area contributed by atoms with Crippen molar-refractivity contribution in [2.75, 3.05) is 10.8 Å². The third-order valence-corrected chi connectivity index (χ3v) is 5.40. The second-order valence-electron chi connectivity index (χ2n) is 7.02. The van der Waals surface area contributed by atoms with Crippen molar-refractivity contribution in [2.45, 2.75) is 32.7 Å². The SMILES string of the molecule is Cc1cc(CN(C(=O)CCl)c2ccc3cc(F)ccc3n2)cc2c1CCC2. The van der Waals surface area contributed by atoms with Crippen LogP contribution in [0, 0.1) is 12.7 Å². The summed E-state index contributed by atoms with van der Waals surface area (Å²) < 4.78 is 13.4. The number of pyridine rings is 1. The van der Waals surface area contributed by atoms with Gasteiger partial charge in [-0.1, -0.05) is 12.1 Å². The van der Waals surface area contributed by atoms with Gasteiger partial charge in [-0.2, -0.15) is 0 Å². The Morgan fingerprint density at radius 2 is 2.04 bits per heavy atom. The molecule has 3 aromatic rings. The number of rotatable bonds is 4. The van der Waals surface area contributed by atoms with Crippen LogP contribution in [-0.2, 0) is 24.2 Å². The van der Waals surface area contributed by atoms with E-state index in [1.54, 1.807) is 23.1 Å². The summed E-state index contributed by atoms with van der Waals surface area (Å²) in [6.45, 7) is 2.55. The van der Waals surface area contributed by atoms with Crippen molar-refractivity contribution in [2.24, 2.45) is 0 Å². The highest BCUT2D eigenvalue weighted by Crippen LogP contribution is 2.28. The summed E-state index contributed by atoms with van der Waals surface area (Å²) in [6, 6.07) is 12.3. The van der Waals surface area contributed by atoms with Crippen molar-refractivity contribution in [3.63, 3.8) is 0 Å². The molecule has 0 bridgehead atoms. The standard InChI is InChI=1S/C22H20ClFN2O/c1-14-9-15(10-16-3-2-4-19(14)16)13-26(22(27)12-23)21-8-5-17-11-18(24)6-7-20(17)25-21/h5-11H,2-4,12-13H2,1H3. The fourth-order valence-electron chi connectivity index (χ4n) is 3.89. The van der Waals surface area contributed by atoms with E-state index in [1.165, 1.54) is 35.2 Å². The van der Waals surface area contributed by atoms with Gasteiger partial charge in [-0.05, 0) is 78.8 Å². The van der Waals surface area contributed by atoms with Gasteiger partial charge in [0.05, 0.1) is 12.1 Å². The quantitative estimate of drug-likeness (QED) is 0.598. The molecule has 5 heteroatoms. The average Bonchev–Trinajstić information content (AvgIpc) is 3.14. The third-order valence-electron chi connectivity index (χ3n) is 5.17. The summed E-state index contributed by atoms with van der Waals surface area (Å²) in [7, 11) is 0. The van der Waals surface area contributed by atoms with Crippen LogP contribution in [-0.4, -0.2) is 16.8 Å². The van der Waals surface area contributed by atoms with E-state index in [0.717, 1.165) is 18.4 Å². The van der Waals surface area contributed by atoms with E-state index < -0.39 is 0 Å².